The number of rotatable bonds is 6. The van der Waals surface area contributed by atoms with Crippen molar-refractivity contribution in [1.82, 2.24) is 10.2 Å². The van der Waals surface area contributed by atoms with Gasteiger partial charge in [0, 0.05) is 48.5 Å². The molecule has 2 N–H and O–H groups in total. The predicted molar refractivity (Wildman–Crippen MR) is 136 cm³/mol. The molecule has 1 aliphatic carbocycles. The third-order valence-corrected chi connectivity index (χ3v) is 8.43. The van der Waals surface area contributed by atoms with Crippen LogP contribution in [0.4, 0.5) is 19.3 Å². The van der Waals surface area contributed by atoms with Gasteiger partial charge < -0.3 is 24.8 Å². The quantitative estimate of drug-likeness (QED) is 0.576. The molecule has 9 heteroatoms. The highest BCUT2D eigenvalue weighted by Gasteiger charge is 2.53. The number of amides is 2. The Morgan fingerprint density at radius 1 is 1.00 bits per heavy atom. The average Bonchev–Trinajstić information content (AvgIpc) is 3.30. The molecule has 0 unspecified atom stereocenters. The van der Waals surface area contributed by atoms with Crippen LogP contribution in [0.25, 0.3) is 0 Å². The number of anilines is 1. The van der Waals surface area contributed by atoms with E-state index in [9.17, 15) is 13.6 Å². The zero-order valence-electron chi connectivity index (χ0n) is 21.4. The Balaban J connectivity index is 1.37. The van der Waals surface area contributed by atoms with Crippen molar-refractivity contribution in [2.45, 2.75) is 62.1 Å². The molecule has 3 aliphatic rings. The van der Waals surface area contributed by atoms with Crippen molar-refractivity contribution in [3.05, 3.63) is 53.6 Å². The first-order valence-corrected chi connectivity index (χ1v) is 13.0. The summed E-state index contributed by atoms with van der Waals surface area (Å²) >= 11 is 0. The Morgan fingerprint density at radius 2 is 1.78 bits per heavy atom. The smallest absolute Gasteiger partial charge is 0.319 e. The Morgan fingerprint density at radius 3 is 2.51 bits per heavy atom. The monoisotopic (exact) mass is 515 g/mol. The van der Waals surface area contributed by atoms with Gasteiger partial charge in [-0.15, -0.1) is 0 Å². The lowest BCUT2D eigenvalue weighted by atomic mass is 9.65. The normalized spacial score (nSPS) is 26.4. The average molecular weight is 516 g/mol. The number of hydrogen-bond acceptors (Lipinski definition) is 5. The van der Waals surface area contributed by atoms with E-state index in [2.05, 4.69) is 27.7 Å². The molecule has 2 saturated heterocycles. The minimum Gasteiger partial charge on any atom is -0.493 e. The Labute approximate surface area is 216 Å². The SMILES string of the molecule is COc1ccc([C@@]23CC[C@@H](NC(=O)Nc4ccc(F)c(F)c4)C[C@@H]2N(C2CCOCC2)CC3)cc1OC. The highest BCUT2D eigenvalue weighted by atomic mass is 19.2. The van der Waals surface area contributed by atoms with Gasteiger partial charge in [-0.1, -0.05) is 6.07 Å². The molecule has 0 aromatic heterocycles. The van der Waals surface area contributed by atoms with Gasteiger partial charge in [-0.05, 0) is 74.9 Å². The third kappa shape index (κ3) is 5.11. The number of fused-ring (bicyclic) bond motifs is 1. The molecule has 7 nitrogen and oxygen atoms in total. The highest BCUT2D eigenvalue weighted by Crippen LogP contribution is 2.51. The molecule has 3 fully saturated rings. The molecular formula is C28H35F2N3O4. The Hall–Kier alpha value is -2.91. The third-order valence-electron chi connectivity index (χ3n) is 8.43. The van der Waals surface area contributed by atoms with Crippen LogP contribution in [0.1, 0.15) is 44.1 Å². The molecule has 37 heavy (non-hydrogen) atoms. The maximum absolute atomic E-state index is 13.6. The van der Waals surface area contributed by atoms with Gasteiger partial charge in [0.2, 0.25) is 0 Å². The number of benzene rings is 2. The molecule has 200 valence electrons. The van der Waals surface area contributed by atoms with Crippen molar-refractivity contribution in [2.24, 2.45) is 0 Å². The summed E-state index contributed by atoms with van der Waals surface area (Å²) in [6, 6.07) is 9.85. The molecule has 2 aromatic rings. The van der Waals surface area contributed by atoms with Crippen LogP contribution in [0.3, 0.4) is 0 Å². The summed E-state index contributed by atoms with van der Waals surface area (Å²) in [5, 5.41) is 5.73. The van der Waals surface area contributed by atoms with E-state index in [4.69, 9.17) is 14.2 Å². The summed E-state index contributed by atoms with van der Waals surface area (Å²) in [7, 11) is 3.30. The lowest BCUT2D eigenvalue weighted by Crippen LogP contribution is -2.55. The van der Waals surface area contributed by atoms with Crippen LogP contribution in [0.5, 0.6) is 11.5 Å². The van der Waals surface area contributed by atoms with Crippen molar-refractivity contribution in [2.75, 3.05) is 39.3 Å². The molecule has 2 heterocycles. The maximum atomic E-state index is 13.6. The van der Waals surface area contributed by atoms with Crippen LogP contribution < -0.4 is 20.1 Å². The van der Waals surface area contributed by atoms with Crippen LogP contribution in [0.2, 0.25) is 0 Å². The van der Waals surface area contributed by atoms with Crippen molar-refractivity contribution in [1.29, 1.82) is 0 Å². The van der Waals surface area contributed by atoms with Gasteiger partial charge in [0.15, 0.2) is 23.1 Å². The van der Waals surface area contributed by atoms with Gasteiger partial charge >= 0.3 is 6.03 Å². The van der Waals surface area contributed by atoms with Crippen LogP contribution in [-0.2, 0) is 10.2 Å². The van der Waals surface area contributed by atoms with E-state index < -0.39 is 17.7 Å². The predicted octanol–water partition coefficient (Wildman–Crippen LogP) is 4.85. The zero-order valence-corrected chi connectivity index (χ0v) is 21.4. The molecule has 0 radical (unpaired) electrons. The fourth-order valence-electron chi connectivity index (χ4n) is 6.58. The summed E-state index contributed by atoms with van der Waals surface area (Å²) in [6.45, 7) is 2.54. The molecule has 2 aliphatic heterocycles. The maximum Gasteiger partial charge on any atom is 0.319 e. The fourth-order valence-corrected chi connectivity index (χ4v) is 6.58. The van der Waals surface area contributed by atoms with E-state index in [-0.39, 0.29) is 23.2 Å². The second-order valence-corrected chi connectivity index (χ2v) is 10.3. The molecule has 5 rings (SSSR count). The first kappa shape index (κ1) is 25.7. The number of halogens is 2. The topological polar surface area (TPSA) is 72.1 Å². The standard InChI is InChI=1S/C28H35F2N3O4/c1-35-24-6-3-18(15-25(24)36-2)28-10-7-20(32-27(34)31-19-4-5-22(29)23(30)16-19)17-26(28)33(12-11-28)21-8-13-37-14-9-21/h3-6,15-16,20-21,26H,7-14,17H2,1-2H3,(H2,31,32,34)/t20-,26+,28+/m1/s1. The Bertz CT molecular complexity index is 1130. The molecule has 1 saturated carbocycles. The number of urea groups is 1. The largest absolute Gasteiger partial charge is 0.493 e. The molecular weight excluding hydrogens is 480 g/mol. The first-order chi connectivity index (χ1) is 17.9. The molecule has 0 bridgehead atoms. The van der Waals surface area contributed by atoms with Crippen LogP contribution in [-0.4, -0.2) is 63.0 Å². The number of carbonyl (C=O) groups excluding carboxylic acids is 1. The second kappa shape index (κ2) is 10.8. The minimum atomic E-state index is -0.992. The van der Waals surface area contributed by atoms with Crippen molar-refractivity contribution < 1.29 is 27.8 Å². The van der Waals surface area contributed by atoms with Gasteiger partial charge in [0.1, 0.15) is 0 Å². The summed E-state index contributed by atoms with van der Waals surface area (Å²) in [4.78, 5) is 15.4. The van der Waals surface area contributed by atoms with Crippen LogP contribution in [0.15, 0.2) is 36.4 Å². The summed E-state index contributed by atoms with van der Waals surface area (Å²) in [5.74, 6) is -0.501. The second-order valence-electron chi connectivity index (χ2n) is 10.3. The molecule has 0 spiro atoms. The van der Waals surface area contributed by atoms with Crippen LogP contribution >= 0.6 is 0 Å². The van der Waals surface area contributed by atoms with E-state index in [0.29, 0.717) is 11.8 Å². The van der Waals surface area contributed by atoms with E-state index in [1.807, 2.05) is 6.07 Å². The van der Waals surface area contributed by atoms with Crippen molar-refractivity contribution in [3.8, 4) is 11.5 Å². The molecule has 3 atom stereocenters. The summed E-state index contributed by atoms with van der Waals surface area (Å²) in [5.41, 5.74) is 1.41. The van der Waals surface area contributed by atoms with Gasteiger partial charge in [-0.25, -0.2) is 13.6 Å². The van der Waals surface area contributed by atoms with Gasteiger partial charge in [-0.3, -0.25) is 4.90 Å². The number of nitrogens with zero attached hydrogens (tertiary/aromatic N) is 1. The number of ether oxygens (including phenoxy) is 3. The number of nitrogens with one attached hydrogen (secondary N) is 2. The van der Waals surface area contributed by atoms with E-state index in [1.165, 1.54) is 11.6 Å². The van der Waals surface area contributed by atoms with Gasteiger partial charge in [-0.2, -0.15) is 0 Å². The number of carbonyl (C=O) groups is 1. The van der Waals surface area contributed by atoms with Gasteiger partial charge in [0.05, 0.1) is 14.2 Å². The van der Waals surface area contributed by atoms with Gasteiger partial charge in [0.25, 0.3) is 0 Å². The highest BCUT2D eigenvalue weighted by molar-refractivity contribution is 5.89. The lowest BCUT2D eigenvalue weighted by Gasteiger charge is -2.47. The lowest BCUT2D eigenvalue weighted by molar-refractivity contribution is 0.0143. The van der Waals surface area contributed by atoms with E-state index in [1.54, 1.807) is 14.2 Å². The van der Waals surface area contributed by atoms with Crippen LogP contribution in [0, 0.1) is 11.6 Å². The van der Waals surface area contributed by atoms with E-state index in [0.717, 1.165) is 76.2 Å². The first-order valence-electron chi connectivity index (χ1n) is 13.0. The molecule has 2 aromatic carbocycles. The van der Waals surface area contributed by atoms with Crippen molar-refractivity contribution in [3.63, 3.8) is 0 Å². The summed E-state index contributed by atoms with van der Waals surface area (Å²) in [6.07, 6.45) is 5.59. The number of hydrogen-bond donors (Lipinski definition) is 2. The summed E-state index contributed by atoms with van der Waals surface area (Å²) < 4.78 is 43.6. The number of likely N-dealkylation sites (tertiary alicyclic amines) is 1. The van der Waals surface area contributed by atoms with Crippen molar-refractivity contribution >= 4 is 11.7 Å². The zero-order chi connectivity index (χ0) is 26.0. The minimum absolute atomic E-state index is 0.0380. The fraction of sp³-hybridized carbons (Fsp3) is 0.536. The Kier molecular flexibility index (Phi) is 7.53. The number of methoxy groups -OCH3 is 2. The van der Waals surface area contributed by atoms with E-state index >= 15 is 0 Å². The molecule has 2 amide bonds.